The van der Waals surface area contributed by atoms with E-state index >= 15 is 0 Å². The fraction of sp³-hybridized carbons (Fsp3) is 0.692. The van der Waals surface area contributed by atoms with Crippen LogP contribution in [0.3, 0.4) is 0 Å². The third-order valence-corrected chi connectivity index (χ3v) is 28.2. The number of nitrogens with zero attached hydrogens (tertiary/aromatic N) is 2. The van der Waals surface area contributed by atoms with Crippen LogP contribution < -0.4 is 5.76 Å². The first-order valence-electron chi connectivity index (χ1n) is 13.1. The van der Waals surface area contributed by atoms with Gasteiger partial charge in [-0.1, -0.05) is 0 Å². The molecular formula is C26H37ClN2O2Sn. The summed E-state index contributed by atoms with van der Waals surface area (Å²) in [4.78, 5) is 13.6. The van der Waals surface area contributed by atoms with Crippen LogP contribution in [0.2, 0.25) is 16.8 Å². The quantitative estimate of drug-likeness (QED) is 0.347. The summed E-state index contributed by atoms with van der Waals surface area (Å²) in [5.74, 6) is 0.251. The molecule has 32 heavy (non-hydrogen) atoms. The Morgan fingerprint density at radius 3 is 1.72 bits per heavy atom. The van der Waals surface area contributed by atoms with Gasteiger partial charge in [0.05, 0.1) is 0 Å². The summed E-state index contributed by atoms with van der Waals surface area (Å²) in [6.07, 6.45) is 19.9. The zero-order chi connectivity index (χ0) is 22.0. The second-order valence-electron chi connectivity index (χ2n) is 10.5. The minimum absolute atomic E-state index is 0.183. The van der Waals surface area contributed by atoms with Crippen LogP contribution in [0, 0.1) is 0 Å². The van der Waals surface area contributed by atoms with E-state index < -0.39 is 18.7 Å². The second kappa shape index (κ2) is 10.2. The van der Waals surface area contributed by atoms with E-state index in [4.69, 9.17) is 21.1 Å². The van der Waals surface area contributed by atoms with Crippen molar-refractivity contribution in [2.24, 2.45) is 0 Å². The summed E-state index contributed by atoms with van der Waals surface area (Å²) in [7, 11) is 0. The van der Waals surface area contributed by atoms with E-state index in [1.165, 1.54) is 96.3 Å². The predicted octanol–water partition coefficient (Wildman–Crippen LogP) is 7.95. The molecule has 0 spiro atoms. The monoisotopic (exact) mass is 564 g/mol. The topological polar surface area (TPSA) is 48.0 Å². The molecule has 0 amide bonds. The molecule has 0 saturated heterocycles. The van der Waals surface area contributed by atoms with Crippen LogP contribution in [0.25, 0.3) is 11.5 Å². The van der Waals surface area contributed by atoms with Crippen LogP contribution in [0.5, 0.6) is 0 Å². The molecule has 174 valence electrons. The summed E-state index contributed by atoms with van der Waals surface area (Å²) in [5, 5.41) is 5.69. The van der Waals surface area contributed by atoms with Gasteiger partial charge in [-0.15, -0.1) is 0 Å². The molecule has 5 rings (SSSR count). The molecule has 0 N–H and O–H groups in total. The molecule has 6 heteroatoms. The van der Waals surface area contributed by atoms with E-state index in [1.54, 1.807) is 0 Å². The molecule has 3 fully saturated rings. The maximum atomic E-state index is 13.6. The number of rotatable bonds is 5. The number of hydrogen-bond acceptors (Lipinski definition) is 3. The molecule has 1 heterocycles. The van der Waals surface area contributed by atoms with Gasteiger partial charge in [0.1, 0.15) is 0 Å². The molecule has 0 aliphatic heterocycles. The van der Waals surface area contributed by atoms with Gasteiger partial charge in [0.15, 0.2) is 0 Å². The van der Waals surface area contributed by atoms with Gasteiger partial charge in [-0.25, -0.2) is 0 Å². The zero-order valence-electron chi connectivity index (χ0n) is 19.2. The summed E-state index contributed by atoms with van der Waals surface area (Å²) in [5.41, 5.74) is 0.751. The SMILES string of the molecule is O=c1oc(-c2ccccc2Cl)n[n]1[Sn]([CH]1CCCCC1)([CH]1CCCCC1)[CH]1CCCCC1. The van der Waals surface area contributed by atoms with E-state index in [0.29, 0.717) is 10.9 Å². The van der Waals surface area contributed by atoms with Gasteiger partial charge >= 0.3 is 202 Å². The van der Waals surface area contributed by atoms with Crippen LogP contribution in [0.15, 0.2) is 33.5 Å². The minimum atomic E-state index is -3.35. The Morgan fingerprint density at radius 2 is 1.25 bits per heavy atom. The molecule has 1 aromatic carbocycles. The fourth-order valence-electron chi connectivity index (χ4n) is 7.48. The van der Waals surface area contributed by atoms with Crippen LogP contribution in [-0.2, 0) is 0 Å². The van der Waals surface area contributed by atoms with Gasteiger partial charge in [-0.3, -0.25) is 0 Å². The molecule has 3 aliphatic carbocycles. The Hall–Kier alpha value is -0.751. The third-order valence-electron chi connectivity index (χ3n) is 8.80. The molecule has 4 nitrogen and oxygen atoms in total. The van der Waals surface area contributed by atoms with Crippen molar-refractivity contribution in [1.82, 2.24) is 8.00 Å². The van der Waals surface area contributed by atoms with Crippen molar-refractivity contribution in [1.29, 1.82) is 0 Å². The fourth-order valence-corrected chi connectivity index (χ4v) is 29.6. The van der Waals surface area contributed by atoms with Crippen molar-refractivity contribution in [2.75, 3.05) is 0 Å². The molecule has 1 aromatic heterocycles. The van der Waals surface area contributed by atoms with Crippen molar-refractivity contribution in [3.8, 4) is 11.5 Å². The Labute approximate surface area is 201 Å². The van der Waals surface area contributed by atoms with Crippen LogP contribution in [0.4, 0.5) is 0 Å². The first-order valence-corrected chi connectivity index (χ1v) is 19.7. The van der Waals surface area contributed by atoms with Gasteiger partial charge in [-0.2, -0.15) is 0 Å². The van der Waals surface area contributed by atoms with Gasteiger partial charge in [0.25, 0.3) is 0 Å². The Kier molecular flexibility index (Phi) is 7.37. The summed E-state index contributed by atoms with van der Waals surface area (Å²) >= 11 is 3.13. The third kappa shape index (κ3) is 4.23. The van der Waals surface area contributed by atoms with Crippen LogP contribution in [-0.4, -0.2) is 26.7 Å². The average Bonchev–Trinajstić information content (AvgIpc) is 3.23. The number of halogens is 1. The number of benzene rings is 1. The molecule has 0 unspecified atom stereocenters. The number of aromatic nitrogens is 2. The molecule has 3 saturated carbocycles. The van der Waals surface area contributed by atoms with Gasteiger partial charge in [0, 0.05) is 0 Å². The van der Waals surface area contributed by atoms with Gasteiger partial charge in [0.2, 0.25) is 0 Å². The predicted molar refractivity (Wildman–Crippen MR) is 133 cm³/mol. The molecular weight excluding hydrogens is 526 g/mol. The van der Waals surface area contributed by atoms with Crippen molar-refractivity contribution in [3.05, 3.63) is 39.8 Å². The molecule has 0 radical (unpaired) electrons. The summed E-state index contributed by atoms with van der Waals surface area (Å²) in [6.45, 7) is 0. The first kappa shape index (κ1) is 23.0. The van der Waals surface area contributed by atoms with E-state index in [-0.39, 0.29) is 5.76 Å². The average molecular weight is 564 g/mol. The van der Waals surface area contributed by atoms with Gasteiger partial charge < -0.3 is 0 Å². The first-order chi connectivity index (χ1) is 15.7. The van der Waals surface area contributed by atoms with Crippen LogP contribution in [0.1, 0.15) is 96.3 Å². The Bertz CT molecular complexity index is 907. The standard InChI is InChI=1S/C8H5ClN2O2.3C6H11.Sn/c9-6-4-2-1-3-5(6)7-10-11-8(12)13-7;3*1-2-4-6-5-3-1;/h1-4H,(H,11,12);3*1H,2-6H2;/q;;;;+1/p-1. The van der Waals surface area contributed by atoms with Crippen molar-refractivity contribution >= 4 is 30.3 Å². The van der Waals surface area contributed by atoms with E-state index in [1.807, 2.05) is 24.3 Å². The van der Waals surface area contributed by atoms with E-state index in [2.05, 4.69) is 2.90 Å². The van der Waals surface area contributed by atoms with E-state index in [0.717, 1.165) is 17.4 Å². The summed E-state index contributed by atoms with van der Waals surface area (Å²) < 4.78 is 10.2. The molecule has 0 bridgehead atoms. The Balaban J connectivity index is 1.68. The molecule has 2 aromatic rings. The molecule has 3 aliphatic rings. The van der Waals surface area contributed by atoms with Crippen molar-refractivity contribution < 1.29 is 4.42 Å². The van der Waals surface area contributed by atoms with E-state index in [9.17, 15) is 4.79 Å². The van der Waals surface area contributed by atoms with Gasteiger partial charge in [-0.05, 0) is 0 Å². The number of hydrogen-bond donors (Lipinski definition) is 0. The van der Waals surface area contributed by atoms with Crippen LogP contribution >= 0.6 is 11.6 Å². The zero-order valence-corrected chi connectivity index (χ0v) is 22.8. The molecule has 0 atom stereocenters. The second-order valence-corrected chi connectivity index (χ2v) is 24.1. The van der Waals surface area contributed by atoms with Crippen molar-refractivity contribution in [3.63, 3.8) is 0 Å². The summed E-state index contributed by atoms with van der Waals surface area (Å²) in [6, 6.07) is 7.64. The normalized spacial score (nSPS) is 22.3. The maximum absolute atomic E-state index is 13.6. The van der Waals surface area contributed by atoms with Crippen molar-refractivity contribution in [2.45, 2.75) is 108 Å². The Morgan fingerprint density at radius 1 is 0.781 bits per heavy atom.